The molecular weight excluding hydrogens is 350 g/mol. The van der Waals surface area contributed by atoms with E-state index in [1.807, 2.05) is 61.5 Å². The lowest BCUT2D eigenvalue weighted by Gasteiger charge is -2.38. The van der Waals surface area contributed by atoms with Crippen molar-refractivity contribution in [3.05, 3.63) is 65.7 Å². The molecule has 5 nitrogen and oxygen atoms in total. The van der Waals surface area contributed by atoms with Gasteiger partial charge < -0.3 is 10.2 Å². The molecule has 2 aromatic carbocycles. The van der Waals surface area contributed by atoms with Crippen LogP contribution in [0.25, 0.3) is 0 Å². The standard InChI is InChI=1S/C23H25N3O2/c1-17-10-6-7-13-19(17)24-20(27)16-26-22(28)21(18-11-4-2-5-12-18)25-23(26)14-8-3-9-15-23/h2,4-7,10-13H,3,8-9,14-16H2,1H3,(H,24,27). The summed E-state index contributed by atoms with van der Waals surface area (Å²) in [4.78, 5) is 32.6. The lowest BCUT2D eigenvalue weighted by Crippen LogP contribution is -2.51. The van der Waals surface area contributed by atoms with Gasteiger partial charge in [-0.15, -0.1) is 0 Å². The topological polar surface area (TPSA) is 61.8 Å². The monoisotopic (exact) mass is 375 g/mol. The average molecular weight is 375 g/mol. The van der Waals surface area contributed by atoms with Crippen molar-refractivity contribution >= 4 is 23.2 Å². The molecule has 1 saturated carbocycles. The fraction of sp³-hybridized carbons (Fsp3) is 0.348. The highest BCUT2D eigenvalue weighted by molar-refractivity contribution is 6.47. The van der Waals surface area contributed by atoms with E-state index in [1.54, 1.807) is 4.90 Å². The van der Waals surface area contributed by atoms with Crippen LogP contribution in [0.1, 0.15) is 43.2 Å². The second-order valence-electron chi connectivity index (χ2n) is 7.62. The molecule has 1 spiro atoms. The molecule has 1 aliphatic heterocycles. The number of carbonyl (C=O) groups is 2. The minimum absolute atomic E-state index is 0.0208. The van der Waals surface area contributed by atoms with Gasteiger partial charge in [0, 0.05) is 11.3 Å². The number of benzene rings is 2. The summed E-state index contributed by atoms with van der Waals surface area (Å²) in [7, 11) is 0. The van der Waals surface area contributed by atoms with Crippen LogP contribution in [0.2, 0.25) is 0 Å². The van der Waals surface area contributed by atoms with Crippen molar-refractivity contribution < 1.29 is 9.59 Å². The van der Waals surface area contributed by atoms with Gasteiger partial charge in [0.1, 0.15) is 17.9 Å². The number of aliphatic imine (C=N–C) groups is 1. The summed E-state index contributed by atoms with van der Waals surface area (Å²) in [6, 6.07) is 17.2. The molecule has 1 fully saturated rings. The van der Waals surface area contributed by atoms with Gasteiger partial charge in [0.25, 0.3) is 5.91 Å². The second kappa shape index (κ2) is 7.58. The third kappa shape index (κ3) is 3.44. The molecule has 2 aromatic rings. The van der Waals surface area contributed by atoms with E-state index in [9.17, 15) is 9.59 Å². The Labute approximate surface area is 165 Å². The highest BCUT2D eigenvalue weighted by Crippen LogP contribution is 2.39. The van der Waals surface area contributed by atoms with Crippen LogP contribution in [0.3, 0.4) is 0 Å². The van der Waals surface area contributed by atoms with Crippen molar-refractivity contribution in [2.24, 2.45) is 4.99 Å². The van der Waals surface area contributed by atoms with Gasteiger partial charge in [0.05, 0.1) is 0 Å². The number of carbonyl (C=O) groups excluding carboxylic acids is 2. The number of nitrogens with one attached hydrogen (secondary N) is 1. The molecule has 1 N–H and O–H groups in total. The summed E-state index contributed by atoms with van der Waals surface area (Å²) in [5.41, 5.74) is 2.49. The van der Waals surface area contributed by atoms with Crippen molar-refractivity contribution in [1.82, 2.24) is 4.90 Å². The third-order valence-corrected chi connectivity index (χ3v) is 5.69. The van der Waals surface area contributed by atoms with Crippen molar-refractivity contribution in [3.63, 3.8) is 0 Å². The first kappa shape index (κ1) is 18.4. The Morgan fingerprint density at radius 1 is 1.04 bits per heavy atom. The maximum Gasteiger partial charge on any atom is 0.275 e. The maximum atomic E-state index is 13.2. The quantitative estimate of drug-likeness (QED) is 0.880. The van der Waals surface area contributed by atoms with E-state index in [2.05, 4.69) is 5.32 Å². The molecule has 0 bridgehead atoms. The predicted molar refractivity (Wildman–Crippen MR) is 110 cm³/mol. The zero-order valence-corrected chi connectivity index (χ0v) is 16.1. The highest BCUT2D eigenvalue weighted by Gasteiger charge is 2.48. The molecule has 1 aliphatic carbocycles. The Morgan fingerprint density at radius 2 is 1.71 bits per heavy atom. The molecule has 5 heteroatoms. The first-order chi connectivity index (χ1) is 13.6. The van der Waals surface area contributed by atoms with Crippen molar-refractivity contribution in [2.45, 2.75) is 44.7 Å². The fourth-order valence-electron chi connectivity index (χ4n) is 4.18. The number of rotatable bonds is 4. The zero-order chi connectivity index (χ0) is 19.6. The average Bonchev–Trinajstić information content (AvgIpc) is 2.97. The van der Waals surface area contributed by atoms with Crippen LogP contribution in [0.4, 0.5) is 5.69 Å². The van der Waals surface area contributed by atoms with Crippen LogP contribution in [-0.2, 0) is 9.59 Å². The molecule has 144 valence electrons. The van der Waals surface area contributed by atoms with Crippen LogP contribution in [0, 0.1) is 6.92 Å². The molecule has 4 rings (SSSR count). The molecule has 0 saturated heterocycles. The van der Waals surface area contributed by atoms with E-state index < -0.39 is 5.66 Å². The predicted octanol–water partition coefficient (Wildman–Crippen LogP) is 3.93. The molecule has 0 atom stereocenters. The summed E-state index contributed by atoms with van der Waals surface area (Å²) in [5, 5.41) is 2.95. The fourth-order valence-corrected chi connectivity index (χ4v) is 4.18. The molecule has 2 aliphatic rings. The van der Waals surface area contributed by atoms with Crippen LogP contribution >= 0.6 is 0 Å². The SMILES string of the molecule is Cc1ccccc1NC(=O)CN1C(=O)C(c2ccccc2)=NC12CCCCC2. The number of amides is 2. The number of hydrogen-bond donors (Lipinski definition) is 1. The van der Waals surface area contributed by atoms with Crippen molar-refractivity contribution in [2.75, 3.05) is 11.9 Å². The molecule has 0 radical (unpaired) electrons. The van der Waals surface area contributed by atoms with Crippen LogP contribution in [-0.4, -0.2) is 34.6 Å². The van der Waals surface area contributed by atoms with Gasteiger partial charge in [0.2, 0.25) is 5.91 Å². The molecular formula is C23H25N3O2. The van der Waals surface area contributed by atoms with E-state index in [4.69, 9.17) is 4.99 Å². The van der Waals surface area contributed by atoms with E-state index >= 15 is 0 Å². The summed E-state index contributed by atoms with van der Waals surface area (Å²) >= 11 is 0. The Morgan fingerprint density at radius 3 is 2.43 bits per heavy atom. The third-order valence-electron chi connectivity index (χ3n) is 5.69. The number of hydrogen-bond acceptors (Lipinski definition) is 3. The Hall–Kier alpha value is -2.95. The van der Waals surface area contributed by atoms with Gasteiger partial charge in [-0.3, -0.25) is 14.6 Å². The minimum Gasteiger partial charge on any atom is -0.324 e. The lowest BCUT2D eigenvalue weighted by molar-refractivity contribution is -0.134. The van der Waals surface area contributed by atoms with E-state index in [-0.39, 0.29) is 18.4 Å². The molecule has 0 aromatic heterocycles. The largest absolute Gasteiger partial charge is 0.324 e. The van der Waals surface area contributed by atoms with Gasteiger partial charge in [-0.05, 0) is 44.2 Å². The summed E-state index contributed by atoms with van der Waals surface area (Å²) in [5.74, 6) is -0.329. The summed E-state index contributed by atoms with van der Waals surface area (Å²) in [6.07, 6.45) is 4.82. The first-order valence-electron chi connectivity index (χ1n) is 9.92. The van der Waals surface area contributed by atoms with E-state index in [1.165, 1.54) is 0 Å². The Kier molecular flexibility index (Phi) is 4.99. The first-order valence-corrected chi connectivity index (χ1v) is 9.92. The molecule has 1 heterocycles. The summed E-state index contributed by atoms with van der Waals surface area (Å²) in [6.45, 7) is 1.98. The molecule has 0 unspecified atom stereocenters. The maximum absolute atomic E-state index is 13.2. The Balaban J connectivity index is 1.59. The normalized spacial score (nSPS) is 18.2. The number of anilines is 1. The van der Waals surface area contributed by atoms with Crippen LogP contribution < -0.4 is 5.32 Å². The van der Waals surface area contributed by atoms with Gasteiger partial charge in [0.15, 0.2) is 0 Å². The van der Waals surface area contributed by atoms with Crippen molar-refractivity contribution in [3.8, 4) is 0 Å². The number of aryl methyl sites for hydroxylation is 1. The van der Waals surface area contributed by atoms with Gasteiger partial charge >= 0.3 is 0 Å². The minimum atomic E-state index is -0.580. The van der Waals surface area contributed by atoms with Crippen LogP contribution in [0.5, 0.6) is 0 Å². The highest BCUT2D eigenvalue weighted by atomic mass is 16.2. The number of nitrogens with zero attached hydrogens (tertiary/aromatic N) is 2. The van der Waals surface area contributed by atoms with Crippen LogP contribution in [0.15, 0.2) is 59.6 Å². The number of para-hydroxylation sites is 1. The van der Waals surface area contributed by atoms with E-state index in [0.29, 0.717) is 5.71 Å². The second-order valence-corrected chi connectivity index (χ2v) is 7.62. The zero-order valence-electron chi connectivity index (χ0n) is 16.1. The lowest BCUT2D eigenvalue weighted by atomic mass is 9.88. The van der Waals surface area contributed by atoms with Crippen molar-refractivity contribution in [1.29, 1.82) is 0 Å². The van der Waals surface area contributed by atoms with E-state index in [0.717, 1.165) is 48.9 Å². The molecule has 2 amide bonds. The van der Waals surface area contributed by atoms with Gasteiger partial charge in [-0.2, -0.15) is 0 Å². The van der Waals surface area contributed by atoms with Gasteiger partial charge in [-0.25, -0.2) is 0 Å². The summed E-state index contributed by atoms with van der Waals surface area (Å²) < 4.78 is 0. The smallest absolute Gasteiger partial charge is 0.275 e. The molecule has 28 heavy (non-hydrogen) atoms. The van der Waals surface area contributed by atoms with Gasteiger partial charge in [-0.1, -0.05) is 55.0 Å². The Bertz CT molecular complexity index is 914.